The highest BCUT2D eigenvalue weighted by Crippen LogP contribution is 2.38. The lowest BCUT2D eigenvalue weighted by atomic mass is 10.2. The average Bonchev–Trinajstić information content (AvgIpc) is 3.28. The smallest absolute Gasteiger partial charge is 0.311 e. The van der Waals surface area contributed by atoms with Gasteiger partial charge in [0.2, 0.25) is 5.75 Å². The van der Waals surface area contributed by atoms with Gasteiger partial charge in [0.05, 0.1) is 15.3 Å². The lowest BCUT2D eigenvalue weighted by molar-refractivity contribution is -0.386. The van der Waals surface area contributed by atoms with Crippen LogP contribution in [0.15, 0.2) is 84.5 Å². The van der Waals surface area contributed by atoms with E-state index in [0.29, 0.717) is 11.5 Å². The molecule has 0 bridgehead atoms. The van der Waals surface area contributed by atoms with Crippen LogP contribution in [-0.4, -0.2) is 9.91 Å². The first kappa shape index (κ1) is 18.6. The number of thiazole rings is 1. The van der Waals surface area contributed by atoms with Crippen molar-refractivity contribution in [2.45, 2.75) is 6.61 Å². The molecule has 0 amide bonds. The van der Waals surface area contributed by atoms with Crippen molar-refractivity contribution in [2.75, 3.05) is 0 Å². The van der Waals surface area contributed by atoms with Crippen LogP contribution in [0.1, 0.15) is 5.56 Å². The van der Waals surface area contributed by atoms with Crippen molar-refractivity contribution < 1.29 is 14.4 Å². The van der Waals surface area contributed by atoms with Crippen molar-refractivity contribution in [2.24, 2.45) is 0 Å². The predicted molar refractivity (Wildman–Crippen MR) is 111 cm³/mol. The highest BCUT2D eigenvalue weighted by atomic mass is 32.1. The van der Waals surface area contributed by atoms with E-state index in [9.17, 15) is 10.1 Å². The molecule has 0 aliphatic rings. The lowest BCUT2D eigenvalue weighted by Crippen LogP contribution is -1.99. The fraction of sp³-hybridized carbons (Fsp3) is 0.0455. The Balaban J connectivity index is 1.61. The zero-order chi connectivity index (χ0) is 20.1. The van der Waals surface area contributed by atoms with Gasteiger partial charge in [-0.3, -0.25) is 15.1 Å². The summed E-state index contributed by atoms with van der Waals surface area (Å²) in [4.78, 5) is 16.0. The average molecular weight is 404 g/mol. The Bertz CT molecular complexity index is 1110. The Hall–Kier alpha value is -3.71. The Morgan fingerprint density at radius 3 is 2.52 bits per heavy atom. The number of hydrogen-bond donors (Lipinski definition) is 0. The van der Waals surface area contributed by atoms with Gasteiger partial charge in [0.1, 0.15) is 18.1 Å². The molecule has 0 N–H and O–H groups in total. The fourth-order valence-corrected chi connectivity index (χ4v) is 3.45. The van der Waals surface area contributed by atoms with E-state index in [1.165, 1.54) is 17.4 Å². The number of para-hydroxylation sites is 1. The number of aromatic nitrogens is 1. The number of ether oxygens (including phenoxy) is 2. The van der Waals surface area contributed by atoms with Crippen molar-refractivity contribution in [1.82, 2.24) is 4.98 Å². The maximum Gasteiger partial charge on any atom is 0.311 e. The zero-order valence-electron chi connectivity index (χ0n) is 15.2. The van der Waals surface area contributed by atoms with E-state index >= 15 is 0 Å². The summed E-state index contributed by atoms with van der Waals surface area (Å²) < 4.78 is 11.8. The zero-order valence-corrected chi connectivity index (χ0v) is 16.0. The van der Waals surface area contributed by atoms with Gasteiger partial charge in [0, 0.05) is 23.9 Å². The normalized spacial score (nSPS) is 10.5. The molecule has 0 unspecified atom stereocenters. The van der Waals surface area contributed by atoms with Gasteiger partial charge in [-0.1, -0.05) is 42.5 Å². The molecule has 4 rings (SSSR count). The molecule has 0 spiro atoms. The second-order valence-corrected chi connectivity index (χ2v) is 7.01. The van der Waals surface area contributed by atoms with Crippen molar-refractivity contribution in [3.8, 4) is 27.7 Å². The Kier molecular flexibility index (Phi) is 5.49. The van der Waals surface area contributed by atoms with E-state index in [1.54, 1.807) is 23.8 Å². The summed E-state index contributed by atoms with van der Waals surface area (Å²) in [6.07, 6.45) is 1.77. The number of nitro benzene ring substituents is 1. The van der Waals surface area contributed by atoms with Gasteiger partial charge in [-0.15, -0.1) is 11.3 Å². The summed E-state index contributed by atoms with van der Waals surface area (Å²) in [6.45, 7) is 0.225. The third-order valence-corrected chi connectivity index (χ3v) is 4.98. The molecule has 7 heteroatoms. The van der Waals surface area contributed by atoms with E-state index in [-0.39, 0.29) is 18.0 Å². The monoisotopic (exact) mass is 404 g/mol. The molecule has 1 aromatic heterocycles. The highest BCUT2D eigenvalue weighted by Gasteiger charge is 2.17. The standard InChI is InChI=1S/C22H16N2O4S/c25-24(26)19-11-10-17(12-21(19)27-14-16-6-2-1-3-7-16)28-20-9-5-4-8-18(20)22-13-23-15-29-22/h1-13,15H,14H2. The largest absolute Gasteiger partial charge is 0.482 e. The van der Waals surface area contributed by atoms with Crippen LogP contribution in [0, 0.1) is 10.1 Å². The molecule has 0 aliphatic carbocycles. The van der Waals surface area contributed by atoms with Crippen molar-refractivity contribution in [1.29, 1.82) is 0 Å². The summed E-state index contributed by atoms with van der Waals surface area (Å²) in [6, 6.07) is 21.6. The summed E-state index contributed by atoms with van der Waals surface area (Å²) in [5, 5.41) is 11.4. The first-order chi connectivity index (χ1) is 14.2. The minimum Gasteiger partial charge on any atom is -0.482 e. The quantitative estimate of drug-likeness (QED) is 0.275. The van der Waals surface area contributed by atoms with Gasteiger partial charge in [-0.05, 0) is 23.8 Å². The molecular weight excluding hydrogens is 388 g/mol. The van der Waals surface area contributed by atoms with Gasteiger partial charge in [0.15, 0.2) is 0 Å². The molecule has 0 saturated heterocycles. The van der Waals surface area contributed by atoms with Crippen LogP contribution >= 0.6 is 11.3 Å². The summed E-state index contributed by atoms with van der Waals surface area (Å²) in [5.41, 5.74) is 3.47. The van der Waals surface area contributed by atoms with E-state index in [4.69, 9.17) is 9.47 Å². The summed E-state index contributed by atoms with van der Waals surface area (Å²) in [7, 11) is 0. The van der Waals surface area contributed by atoms with Gasteiger partial charge in [-0.25, -0.2) is 0 Å². The van der Waals surface area contributed by atoms with Crippen molar-refractivity contribution >= 4 is 17.0 Å². The van der Waals surface area contributed by atoms with E-state index in [2.05, 4.69) is 4.98 Å². The molecule has 29 heavy (non-hydrogen) atoms. The minimum absolute atomic E-state index is 0.107. The van der Waals surface area contributed by atoms with E-state index in [1.807, 2.05) is 54.6 Å². The second kappa shape index (κ2) is 8.53. The molecule has 144 valence electrons. The first-order valence-corrected chi connectivity index (χ1v) is 9.69. The molecule has 0 fully saturated rings. The van der Waals surface area contributed by atoms with Crippen LogP contribution in [0.2, 0.25) is 0 Å². The lowest BCUT2D eigenvalue weighted by Gasteiger charge is -2.12. The number of nitro groups is 1. The molecule has 0 radical (unpaired) electrons. The molecule has 4 aromatic rings. The molecular formula is C22H16N2O4S. The number of rotatable bonds is 7. The Morgan fingerprint density at radius 1 is 0.966 bits per heavy atom. The maximum atomic E-state index is 11.4. The third-order valence-electron chi connectivity index (χ3n) is 4.18. The second-order valence-electron chi connectivity index (χ2n) is 6.12. The molecule has 3 aromatic carbocycles. The topological polar surface area (TPSA) is 74.5 Å². The SMILES string of the molecule is O=[N+]([O-])c1ccc(Oc2ccccc2-c2cncs2)cc1OCc1ccccc1. The van der Waals surface area contributed by atoms with Crippen LogP contribution in [0.5, 0.6) is 17.2 Å². The molecule has 0 aliphatic heterocycles. The Morgan fingerprint density at radius 2 is 1.76 bits per heavy atom. The third kappa shape index (κ3) is 4.41. The van der Waals surface area contributed by atoms with Crippen LogP contribution in [-0.2, 0) is 6.61 Å². The minimum atomic E-state index is -0.463. The van der Waals surface area contributed by atoms with Crippen molar-refractivity contribution in [3.05, 3.63) is 100 Å². The van der Waals surface area contributed by atoms with E-state index < -0.39 is 4.92 Å². The summed E-state index contributed by atoms with van der Waals surface area (Å²) >= 11 is 1.51. The number of nitrogens with zero attached hydrogens (tertiary/aromatic N) is 2. The van der Waals surface area contributed by atoms with Crippen LogP contribution in [0.3, 0.4) is 0 Å². The van der Waals surface area contributed by atoms with Gasteiger partial charge in [-0.2, -0.15) is 0 Å². The first-order valence-electron chi connectivity index (χ1n) is 8.81. The fourth-order valence-electron chi connectivity index (χ4n) is 2.79. The van der Waals surface area contributed by atoms with Gasteiger partial charge < -0.3 is 9.47 Å². The van der Waals surface area contributed by atoms with Gasteiger partial charge in [0.25, 0.3) is 0 Å². The predicted octanol–water partition coefficient (Wildman–Crippen LogP) is 6.09. The maximum absolute atomic E-state index is 11.4. The Labute approximate surface area is 171 Å². The van der Waals surface area contributed by atoms with Crippen LogP contribution < -0.4 is 9.47 Å². The molecule has 0 atom stereocenters. The van der Waals surface area contributed by atoms with Crippen LogP contribution in [0.25, 0.3) is 10.4 Å². The van der Waals surface area contributed by atoms with E-state index in [0.717, 1.165) is 16.0 Å². The van der Waals surface area contributed by atoms with Gasteiger partial charge >= 0.3 is 5.69 Å². The highest BCUT2D eigenvalue weighted by molar-refractivity contribution is 7.13. The van der Waals surface area contributed by atoms with Crippen LogP contribution in [0.4, 0.5) is 5.69 Å². The molecule has 1 heterocycles. The van der Waals surface area contributed by atoms with Crippen molar-refractivity contribution in [3.63, 3.8) is 0 Å². The molecule has 6 nitrogen and oxygen atoms in total. The molecule has 0 saturated carbocycles. The number of hydrogen-bond acceptors (Lipinski definition) is 6. The number of benzene rings is 3. The summed E-state index contributed by atoms with van der Waals surface area (Å²) in [5.74, 6) is 1.25.